The van der Waals surface area contributed by atoms with Crippen LogP contribution in [0.1, 0.15) is 25.0 Å². The van der Waals surface area contributed by atoms with Gasteiger partial charge in [0.2, 0.25) is 5.91 Å². The fourth-order valence-electron chi connectivity index (χ4n) is 2.52. The topological polar surface area (TPSA) is 44.4 Å². The van der Waals surface area contributed by atoms with Crippen molar-refractivity contribution >= 4 is 40.5 Å². The van der Waals surface area contributed by atoms with E-state index >= 15 is 0 Å². The largest absolute Gasteiger partial charge is 0.332 e. The van der Waals surface area contributed by atoms with E-state index in [2.05, 4.69) is 41.5 Å². The van der Waals surface area contributed by atoms with Crippen LogP contribution < -0.4 is 10.6 Å². The Hall–Kier alpha value is -1.95. The van der Waals surface area contributed by atoms with Gasteiger partial charge in [0.15, 0.2) is 5.11 Å². The smallest absolute Gasteiger partial charge is 0.230 e. The van der Waals surface area contributed by atoms with Crippen molar-refractivity contribution in [3.05, 3.63) is 64.7 Å². The molecule has 0 aliphatic rings. The Labute approximate surface area is 165 Å². The number of rotatable bonds is 7. The predicted molar refractivity (Wildman–Crippen MR) is 113 cm³/mol. The van der Waals surface area contributed by atoms with Crippen LogP contribution in [0.3, 0.4) is 0 Å². The van der Waals surface area contributed by atoms with E-state index in [0.717, 1.165) is 30.9 Å². The first-order chi connectivity index (χ1) is 12.5. The lowest BCUT2D eigenvalue weighted by atomic mass is 10.1. The first kappa shape index (κ1) is 20.4. The van der Waals surface area contributed by atoms with E-state index in [-0.39, 0.29) is 12.3 Å². The number of benzene rings is 2. The molecule has 0 fully saturated rings. The number of amides is 1. The van der Waals surface area contributed by atoms with Gasteiger partial charge < -0.3 is 10.6 Å². The highest BCUT2D eigenvalue weighted by Crippen LogP contribution is 2.12. The van der Waals surface area contributed by atoms with Crippen molar-refractivity contribution in [2.75, 3.05) is 18.4 Å². The van der Waals surface area contributed by atoms with Crippen LogP contribution in [-0.2, 0) is 17.8 Å². The Morgan fingerprint density at radius 1 is 1.00 bits per heavy atom. The summed E-state index contributed by atoms with van der Waals surface area (Å²) >= 11 is 11.1. The second-order valence-electron chi connectivity index (χ2n) is 5.96. The van der Waals surface area contributed by atoms with Gasteiger partial charge in [-0.15, -0.1) is 0 Å². The normalized spacial score (nSPS) is 10.6. The molecule has 0 saturated carbocycles. The number of nitrogens with zero attached hydrogens (tertiary/aromatic N) is 1. The van der Waals surface area contributed by atoms with Gasteiger partial charge in [-0.3, -0.25) is 9.69 Å². The Morgan fingerprint density at radius 2 is 1.58 bits per heavy atom. The van der Waals surface area contributed by atoms with Crippen molar-refractivity contribution in [3.63, 3.8) is 0 Å². The van der Waals surface area contributed by atoms with Crippen molar-refractivity contribution in [2.24, 2.45) is 0 Å². The minimum Gasteiger partial charge on any atom is -0.332 e. The van der Waals surface area contributed by atoms with Crippen LogP contribution in [0.25, 0.3) is 0 Å². The molecule has 0 atom stereocenters. The number of carbonyl (C=O) groups excluding carboxylic acids is 1. The highest BCUT2D eigenvalue weighted by Gasteiger charge is 2.07. The molecule has 6 heteroatoms. The molecular formula is C20H24ClN3OS. The van der Waals surface area contributed by atoms with Crippen molar-refractivity contribution in [1.82, 2.24) is 10.2 Å². The maximum atomic E-state index is 12.1. The van der Waals surface area contributed by atoms with Crippen LogP contribution in [0, 0.1) is 0 Å². The van der Waals surface area contributed by atoms with Crippen molar-refractivity contribution in [1.29, 1.82) is 0 Å². The van der Waals surface area contributed by atoms with Crippen molar-refractivity contribution < 1.29 is 4.79 Å². The lowest BCUT2D eigenvalue weighted by molar-refractivity contribution is -0.119. The van der Waals surface area contributed by atoms with Gasteiger partial charge in [-0.1, -0.05) is 49.7 Å². The van der Waals surface area contributed by atoms with E-state index in [4.69, 9.17) is 23.8 Å². The second-order valence-corrected chi connectivity index (χ2v) is 6.81. The third-order valence-corrected chi connectivity index (χ3v) is 4.50. The minimum atomic E-state index is -0.164. The summed E-state index contributed by atoms with van der Waals surface area (Å²) in [5, 5.41) is 6.68. The molecule has 26 heavy (non-hydrogen) atoms. The van der Waals surface area contributed by atoms with E-state index in [1.807, 2.05) is 24.3 Å². The monoisotopic (exact) mass is 389 g/mol. The molecular weight excluding hydrogens is 366 g/mol. The SMILES string of the molecule is CCN(CC)Cc1ccc(NC(=S)NC(=O)Cc2ccc(Cl)cc2)cc1. The molecule has 1 amide bonds. The first-order valence-corrected chi connectivity index (χ1v) is 9.45. The highest BCUT2D eigenvalue weighted by molar-refractivity contribution is 7.80. The molecule has 2 aromatic carbocycles. The minimum absolute atomic E-state index is 0.164. The van der Waals surface area contributed by atoms with Gasteiger partial charge in [0.1, 0.15) is 0 Å². The van der Waals surface area contributed by atoms with Gasteiger partial charge in [-0.05, 0) is 60.7 Å². The summed E-state index contributed by atoms with van der Waals surface area (Å²) in [6.45, 7) is 7.30. The number of hydrogen-bond acceptors (Lipinski definition) is 3. The molecule has 2 aromatic rings. The van der Waals surface area contributed by atoms with E-state index in [0.29, 0.717) is 10.1 Å². The molecule has 0 bridgehead atoms. The Morgan fingerprint density at radius 3 is 2.15 bits per heavy atom. The maximum absolute atomic E-state index is 12.1. The molecule has 2 N–H and O–H groups in total. The molecule has 4 nitrogen and oxygen atoms in total. The summed E-state index contributed by atoms with van der Waals surface area (Å²) in [5.74, 6) is -0.164. The third kappa shape index (κ3) is 6.75. The molecule has 0 saturated heterocycles. The average molecular weight is 390 g/mol. The molecule has 0 aliphatic carbocycles. The lowest BCUT2D eigenvalue weighted by Crippen LogP contribution is -2.35. The predicted octanol–water partition coefficient (Wildman–Crippen LogP) is 4.24. The fourth-order valence-corrected chi connectivity index (χ4v) is 2.88. The number of nitrogens with one attached hydrogen (secondary N) is 2. The van der Waals surface area contributed by atoms with Crippen LogP contribution in [0.5, 0.6) is 0 Å². The van der Waals surface area contributed by atoms with Crippen LogP contribution in [0.15, 0.2) is 48.5 Å². The lowest BCUT2D eigenvalue weighted by Gasteiger charge is -2.18. The zero-order valence-electron chi connectivity index (χ0n) is 15.1. The standard InChI is InChI=1S/C20H24ClN3OS/c1-3-24(4-2)14-16-7-11-18(12-8-16)22-20(26)23-19(25)13-15-5-9-17(21)10-6-15/h5-12H,3-4,13-14H2,1-2H3,(H2,22,23,25,26). The zero-order chi connectivity index (χ0) is 18.9. The van der Waals surface area contributed by atoms with Gasteiger partial charge >= 0.3 is 0 Å². The van der Waals surface area contributed by atoms with Gasteiger partial charge in [-0.2, -0.15) is 0 Å². The Balaban J connectivity index is 1.83. The van der Waals surface area contributed by atoms with Crippen molar-refractivity contribution in [3.8, 4) is 0 Å². The zero-order valence-corrected chi connectivity index (χ0v) is 16.7. The third-order valence-electron chi connectivity index (χ3n) is 4.04. The van der Waals surface area contributed by atoms with E-state index in [1.54, 1.807) is 12.1 Å². The summed E-state index contributed by atoms with van der Waals surface area (Å²) in [4.78, 5) is 14.4. The van der Waals surface area contributed by atoms with Crippen LogP contribution in [0.4, 0.5) is 5.69 Å². The summed E-state index contributed by atoms with van der Waals surface area (Å²) in [7, 11) is 0. The number of carbonyl (C=O) groups is 1. The molecule has 0 radical (unpaired) electrons. The summed E-state index contributed by atoms with van der Waals surface area (Å²) in [6.07, 6.45) is 0.252. The molecule has 0 aliphatic heterocycles. The van der Waals surface area contributed by atoms with E-state index < -0.39 is 0 Å². The number of anilines is 1. The van der Waals surface area contributed by atoms with Gasteiger partial charge in [0, 0.05) is 17.3 Å². The molecule has 138 valence electrons. The average Bonchev–Trinajstić information content (AvgIpc) is 2.63. The van der Waals surface area contributed by atoms with Gasteiger partial charge in [0.25, 0.3) is 0 Å². The second kappa shape index (κ2) is 10.3. The fraction of sp³-hybridized carbons (Fsp3) is 0.300. The van der Waals surface area contributed by atoms with Crippen LogP contribution in [-0.4, -0.2) is 29.0 Å². The molecule has 0 spiro atoms. The molecule has 2 rings (SSSR count). The van der Waals surface area contributed by atoms with Crippen LogP contribution in [0.2, 0.25) is 5.02 Å². The maximum Gasteiger partial charge on any atom is 0.230 e. The van der Waals surface area contributed by atoms with Crippen molar-refractivity contribution in [2.45, 2.75) is 26.8 Å². The summed E-state index contributed by atoms with van der Waals surface area (Å²) in [5.41, 5.74) is 2.98. The highest BCUT2D eigenvalue weighted by atomic mass is 35.5. The molecule has 0 aromatic heterocycles. The molecule has 0 heterocycles. The summed E-state index contributed by atoms with van der Waals surface area (Å²) < 4.78 is 0. The molecule has 0 unspecified atom stereocenters. The van der Waals surface area contributed by atoms with Gasteiger partial charge in [0.05, 0.1) is 6.42 Å². The Bertz CT molecular complexity index is 728. The number of hydrogen-bond donors (Lipinski definition) is 2. The first-order valence-electron chi connectivity index (χ1n) is 8.66. The van der Waals surface area contributed by atoms with E-state index in [9.17, 15) is 4.79 Å². The number of thiocarbonyl (C=S) groups is 1. The summed E-state index contributed by atoms with van der Waals surface area (Å²) in [6, 6.07) is 15.3. The Kier molecular flexibility index (Phi) is 8.04. The van der Waals surface area contributed by atoms with E-state index in [1.165, 1.54) is 5.56 Å². The van der Waals surface area contributed by atoms with Crippen LogP contribution >= 0.6 is 23.8 Å². The quantitative estimate of drug-likeness (QED) is 0.695. The van der Waals surface area contributed by atoms with Gasteiger partial charge in [-0.25, -0.2) is 0 Å². The number of halogens is 1.